The van der Waals surface area contributed by atoms with Gasteiger partial charge >= 0.3 is 0 Å². The summed E-state index contributed by atoms with van der Waals surface area (Å²) in [5.74, 6) is 0.603. The molecule has 5 heteroatoms. The highest BCUT2D eigenvalue weighted by Gasteiger charge is 2.26. The summed E-state index contributed by atoms with van der Waals surface area (Å²) in [6.45, 7) is 0.922. The highest BCUT2D eigenvalue weighted by molar-refractivity contribution is 5.97. The number of fused-ring (bicyclic) bond motifs is 1. The molecule has 25 heavy (non-hydrogen) atoms. The Balaban J connectivity index is 1.55. The monoisotopic (exact) mass is 343 g/mol. The van der Waals surface area contributed by atoms with Crippen LogP contribution in [0.15, 0.2) is 24.3 Å². The highest BCUT2D eigenvalue weighted by Crippen LogP contribution is 2.28. The fourth-order valence-corrected chi connectivity index (χ4v) is 4.14. The van der Waals surface area contributed by atoms with Crippen molar-refractivity contribution in [2.75, 3.05) is 18.0 Å². The number of aryl methyl sites for hydroxylation is 1. The van der Waals surface area contributed by atoms with E-state index in [0.717, 1.165) is 24.9 Å². The van der Waals surface area contributed by atoms with Crippen LogP contribution >= 0.6 is 0 Å². The van der Waals surface area contributed by atoms with Crippen LogP contribution in [-0.4, -0.2) is 30.9 Å². The summed E-state index contributed by atoms with van der Waals surface area (Å²) in [6.07, 6.45) is 7.69. The number of para-hydroxylation sites is 1. The summed E-state index contributed by atoms with van der Waals surface area (Å²) < 4.78 is 0. The van der Waals surface area contributed by atoms with Crippen molar-refractivity contribution >= 4 is 17.5 Å². The molecule has 0 radical (unpaired) electrons. The van der Waals surface area contributed by atoms with E-state index in [1.54, 1.807) is 4.90 Å². The fourth-order valence-electron chi connectivity index (χ4n) is 4.14. The zero-order chi connectivity index (χ0) is 17.6. The topological polar surface area (TPSA) is 75.4 Å². The molecular formula is C20H29N3O2. The third-order valence-electron chi connectivity index (χ3n) is 5.57. The van der Waals surface area contributed by atoms with Crippen molar-refractivity contribution < 1.29 is 9.59 Å². The smallest absolute Gasteiger partial charge is 0.227 e. The molecule has 2 amide bonds. The van der Waals surface area contributed by atoms with Crippen molar-refractivity contribution in [1.29, 1.82) is 0 Å². The van der Waals surface area contributed by atoms with Crippen LogP contribution in [-0.2, 0) is 16.0 Å². The molecule has 2 aliphatic rings. The van der Waals surface area contributed by atoms with E-state index in [0.29, 0.717) is 31.8 Å². The molecule has 1 aliphatic heterocycles. The van der Waals surface area contributed by atoms with Gasteiger partial charge in [-0.15, -0.1) is 0 Å². The second kappa shape index (κ2) is 8.48. The van der Waals surface area contributed by atoms with Crippen LogP contribution in [0.3, 0.4) is 0 Å². The standard InChI is InChI=1S/C20H29N3O2/c21-14-17(15-6-2-1-3-7-15)22-19(24)12-13-23-18-9-5-4-8-16(18)10-11-20(23)25/h4-5,8-9,15,17H,1-3,6-7,10-14,21H2,(H,22,24). The molecule has 5 nitrogen and oxygen atoms in total. The molecule has 3 N–H and O–H groups in total. The number of nitrogens with zero attached hydrogens (tertiary/aromatic N) is 1. The van der Waals surface area contributed by atoms with Gasteiger partial charge in [0.15, 0.2) is 0 Å². The third-order valence-corrected chi connectivity index (χ3v) is 5.57. The lowest BCUT2D eigenvalue weighted by Gasteiger charge is -2.31. The first kappa shape index (κ1) is 17.9. The maximum Gasteiger partial charge on any atom is 0.227 e. The van der Waals surface area contributed by atoms with Gasteiger partial charge < -0.3 is 16.0 Å². The van der Waals surface area contributed by atoms with Gasteiger partial charge in [0.2, 0.25) is 11.8 Å². The minimum absolute atomic E-state index is 0.00289. The van der Waals surface area contributed by atoms with Gasteiger partial charge in [0.1, 0.15) is 0 Å². The number of carbonyl (C=O) groups excluding carboxylic acids is 2. The number of amides is 2. The van der Waals surface area contributed by atoms with Gasteiger partial charge in [0, 0.05) is 37.7 Å². The summed E-state index contributed by atoms with van der Waals surface area (Å²) in [5.41, 5.74) is 8.03. The van der Waals surface area contributed by atoms with E-state index in [2.05, 4.69) is 11.4 Å². The summed E-state index contributed by atoms with van der Waals surface area (Å²) in [5, 5.41) is 3.11. The lowest BCUT2D eigenvalue weighted by molar-refractivity contribution is -0.122. The number of nitrogens with two attached hydrogens (primary N) is 1. The zero-order valence-corrected chi connectivity index (χ0v) is 14.9. The van der Waals surface area contributed by atoms with Crippen LogP contribution in [0.25, 0.3) is 0 Å². The van der Waals surface area contributed by atoms with E-state index in [-0.39, 0.29) is 17.9 Å². The molecule has 1 heterocycles. The van der Waals surface area contributed by atoms with E-state index >= 15 is 0 Å². The lowest BCUT2D eigenvalue weighted by Crippen LogP contribution is -2.47. The summed E-state index contributed by atoms with van der Waals surface area (Å²) in [7, 11) is 0. The number of hydrogen-bond donors (Lipinski definition) is 2. The molecule has 1 atom stereocenters. The fraction of sp³-hybridized carbons (Fsp3) is 0.600. The highest BCUT2D eigenvalue weighted by atomic mass is 16.2. The minimum atomic E-state index is -0.00289. The van der Waals surface area contributed by atoms with Crippen molar-refractivity contribution in [2.24, 2.45) is 11.7 Å². The van der Waals surface area contributed by atoms with Crippen LogP contribution in [0.4, 0.5) is 5.69 Å². The number of anilines is 1. The number of benzene rings is 1. The second-order valence-corrected chi connectivity index (χ2v) is 7.23. The molecular weight excluding hydrogens is 314 g/mol. The molecule has 3 rings (SSSR count). The molecule has 0 saturated heterocycles. The summed E-state index contributed by atoms with van der Waals surface area (Å²) >= 11 is 0. The molecule has 1 saturated carbocycles. The van der Waals surface area contributed by atoms with Crippen molar-refractivity contribution in [3.8, 4) is 0 Å². The van der Waals surface area contributed by atoms with Gasteiger partial charge in [-0.2, -0.15) is 0 Å². The van der Waals surface area contributed by atoms with Crippen LogP contribution in [0.2, 0.25) is 0 Å². The maximum absolute atomic E-state index is 12.4. The first-order valence-corrected chi connectivity index (χ1v) is 9.56. The van der Waals surface area contributed by atoms with Crippen molar-refractivity contribution in [1.82, 2.24) is 5.32 Å². The largest absolute Gasteiger partial charge is 0.352 e. The summed E-state index contributed by atoms with van der Waals surface area (Å²) in [6, 6.07) is 8.03. The number of nitrogens with one attached hydrogen (secondary N) is 1. The molecule has 136 valence electrons. The minimum Gasteiger partial charge on any atom is -0.352 e. The van der Waals surface area contributed by atoms with Gasteiger partial charge in [-0.25, -0.2) is 0 Å². The van der Waals surface area contributed by atoms with E-state index in [1.807, 2.05) is 18.2 Å². The number of carbonyl (C=O) groups is 2. The first-order valence-electron chi connectivity index (χ1n) is 9.56. The Morgan fingerprint density at radius 1 is 1.20 bits per heavy atom. The maximum atomic E-state index is 12.4. The average Bonchev–Trinajstić information content (AvgIpc) is 2.66. The van der Waals surface area contributed by atoms with E-state index in [4.69, 9.17) is 5.73 Å². The molecule has 0 spiro atoms. The molecule has 1 aromatic rings. The van der Waals surface area contributed by atoms with Crippen molar-refractivity contribution in [3.05, 3.63) is 29.8 Å². The van der Waals surface area contributed by atoms with Gasteiger partial charge in [0.25, 0.3) is 0 Å². The molecule has 1 aliphatic carbocycles. The normalized spacial score (nSPS) is 19.4. The number of hydrogen-bond acceptors (Lipinski definition) is 3. The Hall–Kier alpha value is -1.88. The average molecular weight is 343 g/mol. The van der Waals surface area contributed by atoms with Gasteiger partial charge in [-0.05, 0) is 36.8 Å². The first-order chi connectivity index (χ1) is 12.2. The van der Waals surface area contributed by atoms with Crippen LogP contribution in [0, 0.1) is 5.92 Å². The number of rotatable bonds is 6. The SMILES string of the molecule is NCC(NC(=O)CCN1C(=O)CCc2ccccc21)C1CCCCC1. The van der Waals surface area contributed by atoms with E-state index in [1.165, 1.54) is 24.8 Å². The lowest BCUT2D eigenvalue weighted by atomic mass is 9.84. The van der Waals surface area contributed by atoms with Gasteiger partial charge in [-0.3, -0.25) is 9.59 Å². The molecule has 1 aromatic carbocycles. The van der Waals surface area contributed by atoms with Crippen LogP contribution in [0.1, 0.15) is 50.5 Å². The van der Waals surface area contributed by atoms with Crippen LogP contribution in [0.5, 0.6) is 0 Å². The Kier molecular flexibility index (Phi) is 6.08. The molecule has 0 bridgehead atoms. The van der Waals surface area contributed by atoms with Crippen molar-refractivity contribution in [2.45, 2.75) is 57.4 Å². The van der Waals surface area contributed by atoms with E-state index in [9.17, 15) is 9.59 Å². The van der Waals surface area contributed by atoms with Gasteiger partial charge in [0.05, 0.1) is 0 Å². The predicted octanol–water partition coefficient (Wildman–Crippen LogP) is 2.38. The Morgan fingerprint density at radius 3 is 2.72 bits per heavy atom. The Labute approximate surface area is 150 Å². The molecule has 1 fully saturated rings. The zero-order valence-electron chi connectivity index (χ0n) is 14.9. The molecule has 0 aromatic heterocycles. The molecule has 1 unspecified atom stereocenters. The second-order valence-electron chi connectivity index (χ2n) is 7.23. The van der Waals surface area contributed by atoms with Crippen molar-refractivity contribution in [3.63, 3.8) is 0 Å². The Bertz CT molecular complexity index is 611. The quantitative estimate of drug-likeness (QED) is 0.833. The third kappa shape index (κ3) is 4.40. The van der Waals surface area contributed by atoms with Gasteiger partial charge in [-0.1, -0.05) is 37.5 Å². The van der Waals surface area contributed by atoms with Crippen LogP contribution < -0.4 is 16.0 Å². The summed E-state index contributed by atoms with van der Waals surface area (Å²) in [4.78, 5) is 26.4. The Morgan fingerprint density at radius 2 is 1.96 bits per heavy atom. The van der Waals surface area contributed by atoms with E-state index < -0.39 is 0 Å². The predicted molar refractivity (Wildman–Crippen MR) is 99.3 cm³/mol.